The second-order valence-electron chi connectivity index (χ2n) is 0.981. The van der Waals surface area contributed by atoms with E-state index in [4.69, 9.17) is 34.4 Å². The van der Waals surface area contributed by atoms with Crippen molar-refractivity contribution in [2.45, 2.75) is 4.58 Å². The van der Waals surface area contributed by atoms with Gasteiger partial charge >= 0.3 is 6.72 Å². The Morgan fingerprint density at radius 3 is 2.00 bits per heavy atom. The molecule has 0 aromatic carbocycles. The van der Waals surface area contributed by atoms with Crippen LogP contribution in [-0.2, 0) is 9.09 Å². The van der Waals surface area contributed by atoms with E-state index in [1.807, 2.05) is 0 Å². The average Bonchev–Trinajstić information content (AvgIpc) is 1.67. The summed E-state index contributed by atoms with van der Waals surface area (Å²) in [6.45, 7) is -3.24. The quantitative estimate of drug-likeness (QED) is 0.502. The van der Waals surface area contributed by atoms with Gasteiger partial charge in [-0.1, -0.05) is 23.2 Å². The summed E-state index contributed by atoms with van der Waals surface area (Å²) in [5, 5.41) is 0. The lowest BCUT2D eigenvalue weighted by atomic mass is 11.8. The van der Waals surface area contributed by atoms with Crippen LogP contribution in [0, 0.1) is 0 Å². The molecule has 0 amide bonds. The Morgan fingerprint density at radius 1 is 1.62 bits per heavy atom. The van der Waals surface area contributed by atoms with E-state index in [0.717, 1.165) is 0 Å². The van der Waals surface area contributed by atoms with Crippen LogP contribution < -0.4 is 0 Å². The molecule has 2 nitrogen and oxygen atoms in total. The van der Waals surface area contributed by atoms with E-state index >= 15 is 0 Å². The molecule has 0 spiro atoms. The Morgan fingerprint density at radius 2 is 2.00 bits per heavy atom. The zero-order valence-electron chi connectivity index (χ0n) is 3.97. The molecular weight excluding hydrogens is 193 g/mol. The largest absolute Gasteiger partial charge is 0.322 e. The van der Waals surface area contributed by atoms with Crippen LogP contribution in [-0.4, -0.2) is 11.7 Å². The van der Waals surface area contributed by atoms with Crippen LogP contribution in [0.3, 0.4) is 0 Å². The Balaban J connectivity index is 3.93. The van der Waals surface area contributed by atoms with Crippen molar-refractivity contribution in [1.29, 1.82) is 0 Å². The number of hydrogen-bond acceptors (Lipinski definition) is 2. The van der Waals surface area contributed by atoms with Crippen LogP contribution in [0.15, 0.2) is 0 Å². The van der Waals surface area contributed by atoms with Crippen molar-refractivity contribution in [3.05, 3.63) is 0 Å². The minimum atomic E-state index is -3.24. The molecule has 1 unspecified atom stereocenters. The zero-order valence-corrected chi connectivity index (χ0v) is 7.14. The van der Waals surface area contributed by atoms with Crippen LogP contribution in [0.1, 0.15) is 0 Å². The van der Waals surface area contributed by atoms with Crippen molar-refractivity contribution in [2.75, 3.05) is 7.11 Å². The first kappa shape index (κ1) is 9.06. The minimum Gasteiger partial charge on any atom is -0.319 e. The van der Waals surface area contributed by atoms with Crippen molar-refractivity contribution < 1.29 is 9.09 Å². The van der Waals surface area contributed by atoms with Crippen LogP contribution in [0.2, 0.25) is 0 Å². The maximum Gasteiger partial charge on any atom is 0.322 e. The summed E-state index contributed by atoms with van der Waals surface area (Å²) in [5.74, 6) is 0. The SMILES string of the molecule is COP(=O)(Cl)C(Cl)Cl. The molecule has 6 heteroatoms. The van der Waals surface area contributed by atoms with Gasteiger partial charge in [-0.05, 0) is 11.2 Å². The fraction of sp³-hybridized carbons (Fsp3) is 1.00. The summed E-state index contributed by atoms with van der Waals surface area (Å²) < 4.78 is 13.7. The van der Waals surface area contributed by atoms with Gasteiger partial charge < -0.3 is 4.52 Å². The van der Waals surface area contributed by atoms with Crippen LogP contribution >= 0.6 is 41.2 Å². The van der Waals surface area contributed by atoms with Gasteiger partial charge in [0.2, 0.25) is 0 Å². The smallest absolute Gasteiger partial charge is 0.319 e. The summed E-state index contributed by atoms with van der Waals surface area (Å²) in [4.78, 5) is 0. The molecule has 50 valence electrons. The number of hydrogen-bond donors (Lipinski definition) is 0. The fourth-order valence-corrected chi connectivity index (χ4v) is 0.717. The van der Waals surface area contributed by atoms with Gasteiger partial charge in [-0.3, -0.25) is 4.57 Å². The Kier molecular flexibility index (Phi) is 3.72. The minimum absolute atomic E-state index is 1.14. The summed E-state index contributed by atoms with van der Waals surface area (Å²) in [5.41, 5.74) is 0. The highest BCUT2D eigenvalue weighted by molar-refractivity contribution is 7.88. The highest BCUT2D eigenvalue weighted by atomic mass is 35.7. The maximum atomic E-state index is 10.6. The van der Waals surface area contributed by atoms with Gasteiger partial charge in [-0.15, -0.1) is 0 Å². The van der Waals surface area contributed by atoms with Gasteiger partial charge in [-0.2, -0.15) is 0 Å². The molecule has 1 atom stereocenters. The zero-order chi connectivity index (χ0) is 6.78. The van der Waals surface area contributed by atoms with Gasteiger partial charge in [0, 0.05) is 7.11 Å². The highest BCUT2D eigenvalue weighted by Crippen LogP contribution is 2.59. The first-order valence-electron chi connectivity index (χ1n) is 1.64. The molecule has 0 fully saturated rings. The van der Waals surface area contributed by atoms with E-state index in [1.165, 1.54) is 7.11 Å². The molecule has 0 aliphatic carbocycles. The predicted octanol–water partition coefficient (Wildman–Crippen LogP) is 2.83. The molecule has 0 aliphatic heterocycles. The van der Waals surface area contributed by atoms with E-state index in [2.05, 4.69) is 4.52 Å². The fourth-order valence-electron chi connectivity index (χ4n) is 0.0797. The molecule has 0 aliphatic rings. The molecular formula is C2H4Cl3O2P. The third-order valence-electron chi connectivity index (χ3n) is 0.482. The molecule has 8 heavy (non-hydrogen) atoms. The molecule has 0 rings (SSSR count). The lowest BCUT2D eigenvalue weighted by Crippen LogP contribution is -1.85. The lowest BCUT2D eigenvalue weighted by Gasteiger charge is -2.05. The Bertz CT molecular complexity index is 114. The lowest BCUT2D eigenvalue weighted by molar-refractivity contribution is 0.410. The molecule has 0 radical (unpaired) electrons. The Hall–Kier alpha value is 1.06. The average molecular weight is 197 g/mol. The normalized spacial score (nSPS) is 18.6. The van der Waals surface area contributed by atoms with Crippen LogP contribution in [0.5, 0.6) is 0 Å². The van der Waals surface area contributed by atoms with Gasteiger partial charge in [0.1, 0.15) is 0 Å². The summed E-state index contributed by atoms with van der Waals surface area (Å²) >= 11 is 15.4. The van der Waals surface area contributed by atoms with Crippen molar-refractivity contribution >= 4 is 41.2 Å². The second-order valence-corrected chi connectivity index (χ2v) is 6.02. The summed E-state index contributed by atoms with van der Waals surface area (Å²) in [7, 11) is 1.19. The van der Waals surface area contributed by atoms with E-state index in [-0.39, 0.29) is 0 Å². The predicted molar refractivity (Wildman–Crippen MR) is 36.0 cm³/mol. The Labute approximate surface area is 62.3 Å². The first-order chi connectivity index (χ1) is 3.50. The third kappa shape index (κ3) is 2.56. The topological polar surface area (TPSA) is 26.3 Å². The van der Waals surface area contributed by atoms with Gasteiger partial charge in [0.05, 0.1) is 0 Å². The third-order valence-corrected chi connectivity index (χ3v) is 4.59. The maximum absolute atomic E-state index is 10.6. The first-order valence-corrected chi connectivity index (χ1v) is 5.11. The van der Waals surface area contributed by atoms with E-state index in [0.29, 0.717) is 0 Å². The molecule has 0 N–H and O–H groups in total. The molecule has 0 heterocycles. The van der Waals surface area contributed by atoms with Crippen molar-refractivity contribution in [2.24, 2.45) is 0 Å². The van der Waals surface area contributed by atoms with Gasteiger partial charge in [0.15, 0.2) is 4.58 Å². The van der Waals surface area contributed by atoms with Crippen LogP contribution in [0.25, 0.3) is 0 Å². The monoisotopic (exact) mass is 196 g/mol. The van der Waals surface area contributed by atoms with Crippen molar-refractivity contribution in [1.82, 2.24) is 0 Å². The van der Waals surface area contributed by atoms with E-state index in [9.17, 15) is 4.57 Å². The van der Waals surface area contributed by atoms with E-state index in [1.54, 1.807) is 0 Å². The number of halogens is 3. The molecule has 0 saturated carbocycles. The van der Waals surface area contributed by atoms with Gasteiger partial charge in [0.25, 0.3) is 0 Å². The van der Waals surface area contributed by atoms with Gasteiger partial charge in [-0.25, -0.2) is 0 Å². The number of rotatable bonds is 2. The standard InChI is InChI=1S/C2H4Cl3O2P/c1-7-8(5,6)2(3)4/h2H,1H3. The summed E-state index contributed by atoms with van der Waals surface area (Å²) in [6, 6.07) is 0. The highest BCUT2D eigenvalue weighted by Gasteiger charge is 2.26. The molecule has 0 bridgehead atoms. The van der Waals surface area contributed by atoms with Crippen LogP contribution in [0.4, 0.5) is 0 Å². The van der Waals surface area contributed by atoms with Crippen molar-refractivity contribution in [3.8, 4) is 0 Å². The van der Waals surface area contributed by atoms with E-state index < -0.39 is 11.3 Å². The van der Waals surface area contributed by atoms with Crippen molar-refractivity contribution in [3.63, 3.8) is 0 Å². The molecule has 0 aromatic heterocycles. The molecule has 0 saturated heterocycles. The number of alkyl halides is 2. The summed E-state index contributed by atoms with van der Waals surface area (Å²) in [6.07, 6.45) is 0. The molecule has 0 aromatic rings. The second kappa shape index (κ2) is 3.28.